The number of rotatable bonds is 10. The van der Waals surface area contributed by atoms with Crippen LogP contribution in [0.1, 0.15) is 93.2 Å². The van der Waals surface area contributed by atoms with Gasteiger partial charge in [0.15, 0.2) is 23.3 Å². The highest BCUT2D eigenvalue weighted by molar-refractivity contribution is 6.09. The molecule has 0 unspecified atom stereocenters. The number of esters is 5. The molecule has 3 fully saturated rings. The van der Waals surface area contributed by atoms with Gasteiger partial charge in [-0.25, -0.2) is 4.79 Å². The molecular weight excluding hydrogens is 801 g/mol. The van der Waals surface area contributed by atoms with Crippen molar-refractivity contribution in [2.45, 2.75) is 109 Å². The van der Waals surface area contributed by atoms with Crippen molar-refractivity contribution >= 4 is 41.4 Å². The average Bonchev–Trinajstić information content (AvgIpc) is 3.21. The molecule has 1 saturated heterocycles. The lowest BCUT2D eigenvalue weighted by molar-refractivity contribution is -0.346. The molecule has 14 nitrogen and oxygen atoms in total. The molecule has 0 amide bonds. The molecule has 2 saturated carbocycles. The summed E-state index contributed by atoms with van der Waals surface area (Å²) >= 11 is 0. The van der Waals surface area contributed by atoms with Crippen LogP contribution >= 0.6 is 0 Å². The maximum atomic E-state index is 15.9. The fraction of sp³-hybridized carbons (Fsp3) is 0.438. The molecule has 4 aliphatic rings. The number of benzene rings is 3. The minimum atomic E-state index is -2.27. The summed E-state index contributed by atoms with van der Waals surface area (Å²) < 4.78 is 36.7. The zero-order chi connectivity index (χ0) is 44.9. The van der Waals surface area contributed by atoms with Gasteiger partial charge in [0.05, 0.1) is 29.9 Å². The molecule has 3 aliphatic carbocycles. The molecule has 326 valence electrons. The van der Waals surface area contributed by atoms with E-state index >= 15 is 4.79 Å². The van der Waals surface area contributed by atoms with Crippen molar-refractivity contribution in [1.29, 1.82) is 0 Å². The number of fused-ring (bicyclic) bond motifs is 5. The number of Topliss-reactive ketones (excluding diaryl/α,β-unsaturated/α-hetero) is 1. The van der Waals surface area contributed by atoms with Gasteiger partial charge in [-0.1, -0.05) is 86.6 Å². The summed E-state index contributed by atoms with van der Waals surface area (Å²) in [7, 11) is 0. The fourth-order valence-corrected chi connectivity index (χ4v) is 10.3. The van der Waals surface area contributed by atoms with Crippen LogP contribution in [-0.4, -0.2) is 94.8 Å². The van der Waals surface area contributed by atoms with Gasteiger partial charge in [-0.05, 0) is 42.7 Å². The van der Waals surface area contributed by atoms with E-state index < -0.39 is 94.1 Å². The predicted molar refractivity (Wildman–Crippen MR) is 218 cm³/mol. The van der Waals surface area contributed by atoms with E-state index in [1.165, 1.54) is 32.9 Å². The van der Waals surface area contributed by atoms with E-state index in [-0.39, 0.29) is 42.8 Å². The van der Waals surface area contributed by atoms with Gasteiger partial charge >= 0.3 is 29.8 Å². The van der Waals surface area contributed by atoms with Gasteiger partial charge in [0, 0.05) is 50.2 Å². The van der Waals surface area contributed by atoms with Crippen LogP contribution in [0.25, 0.3) is 0 Å². The molecule has 0 spiro atoms. The molecule has 7 rings (SSSR count). The van der Waals surface area contributed by atoms with Crippen LogP contribution in [0.15, 0.2) is 96.1 Å². The van der Waals surface area contributed by atoms with Crippen LogP contribution in [0.5, 0.6) is 0 Å². The lowest BCUT2D eigenvalue weighted by atomic mass is 9.44. The Kier molecular flexibility index (Phi) is 11.6. The minimum absolute atomic E-state index is 0.0966. The first-order valence-electron chi connectivity index (χ1n) is 20.5. The van der Waals surface area contributed by atoms with Crippen LogP contribution in [0.2, 0.25) is 0 Å². The van der Waals surface area contributed by atoms with Crippen molar-refractivity contribution in [3.05, 3.63) is 118 Å². The van der Waals surface area contributed by atoms with Gasteiger partial charge in [0.2, 0.25) is 0 Å². The van der Waals surface area contributed by atoms with Gasteiger partial charge < -0.3 is 33.5 Å². The standard InChI is InChI=1S/C48H50O14/c1-26-34(58-27(2)49)24-48(56)43(61-44(55)33-16-12-9-13-17-33)41-46(7,42(54)40(59-28(3)50)38(26)45(48,5)6)35(23-36-47(41,25-57-36)62-29(4)51)60-37(52)22-30-18-20-32(21-19-30)39(53)31-14-10-8-11-15-31/h8-21,34-36,40-41,43,56H,22-25H2,1-7H3/t34-,35-,36+,40+,41-,43-,46+,47-,48+/m0/s1. The fourth-order valence-electron chi connectivity index (χ4n) is 10.3. The second-order valence-electron chi connectivity index (χ2n) is 17.4. The van der Waals surface area contributed by atoms with E-state index in [1.807, 2.05) is 0 Å². The Morgan fingerprint density at radius 2 is 1.32 bits per heavy atom. The van der Waals surface area contributed by atoms with Crippen molar-refractivity contribution in [3.63, 3.8) is 0 Å². The number of ether oxygens (including phenoxy) is 6. The number of ketones is 2. The molecule has 1 heterocycles. The normalized spacial score (nSPS) is 30.7. The van der Waals surface area contributed by atoms with Crippen LogP contribution in [0, 0.1) is 16.7 Å². The molecule has 2 bridgehead atoms. The van der Waals surface area contributed by atoms with Crippen LogP contribution in [0.4, 0.5) is 0 Å². The second-order valence-corrected chi connectivity index (χ2v) is 17.4. The van der Waals surface area contributed by atoms with E-state index in [1.54, 1.807) is 93.6 Å². The molecule has 3 aromatic rings. The maximum absolute atomic E-state index is 15.9. The first kappa shape index (κ1) is 44.1. The van der Waals surface area contributed by atoms with Crippen LogP contribution in [0.3, 0.4) is 0 Å². The van der Waals surface area contributed by atoms with Crippen LogP contribution < -0.4 is 0 Å². The van der Waals surface area contributed by atoms with E-state index in [0.29, 0.717) is 22.3 Å². The Hall–Kier alpha value is -5.99. The third-order valence-electron chi connectivity index (χ3n) is 13.3. The molecule has 14 heteroatoms. The van der Waals surface area contributed by atoms with E-state index in [0.717, 1.165) is 6.92 Å². The quantitative estimate of drug-likeness (QED) is 0.120. The van der Waals surface area contributed by atoms with E-state index in [4.69, 9.17) is 28.4 Å². The first-order valence-corrected chi connectivity index (χ1v) is 20.5. The summed E-state index contributed by atoms with van der Waals surface area (Å²) in [5.74, 6) is -6.56. The molecule has 1 N–H and O–H groups in total. The average molecular weight is 851 g/mol. The largest absolute Gasteiger partial charge is 0.461 e. The topological polar surface area (TPSA) is 195 Å². The van der Waals surface area contributed by atoms with Crippen molar-refractivity contribution in [2.24, 2.45) is 16.7 Å². The summed E-state index contributed by atoms with van der Waals surface area (Å²) in [4.78, 5) is 96.2. The second kappa shape index (κ2) is 16.4. The summed E-state index contributed by atoms with van der Waals surface area (Å²) in [5, 5.41) is 13.6. The summed E-state index contributed by atoms with van der Waals surface area (Å²) in [6, 6.07) is 23.1. The Morgan fingerprint density at radius 1 is 0.742 bits per heavy atom. The first-order chi connectivity index (χ1) is 29.2. The van der Waals surface area contributed by atoms with E-state index in [2.05, 4.69) is 0 Å². The smallest absolute Gasteiger partial charge is 0.338 e. The third-order valence-corrected chi connectivity index (χ3v) is 13.3. The Bertz CT molecular complexity index is 2330. The Labute approximate surface area is 358 Å². The zero-order valence-electron chi connectivity index (χ0n) is 35.6. The number of hydrogen-bond acceptors (Lipinski definition) is 14. The zero-order valence-corrected chi connectivity index (χ0v) is 35.6. The van der Waals surface area contributed by atoms with Gasteiger partial charge in [0.1, 0.15) is 30.0 Å². The maximum Gasteiger partial charge on any atom is 0.338 e. The summed E-state index contributed by atoms with van der Waals surface area (Å²) in [6.45, 7) is 9.46. The molecule has 62 heavy (non-hydrogen) atoms. The Morgan fingerprint density at radius 3 is 1.87 bits per heavy atom. The lowest BCUT2D eigenvalue weighted by Gasteiger charge is -2.67. The molecule has 9 atom stereocenters. The molecule has 3 aromatic carbocycles. The SMILES string of the molecule is CC(=O)O[C@H]1C(=O)[C@]2(C)[C@@H](OC(=O)Cc3ccc(C(=O)c4ccccc4)cc3)C[C@H]3OC[C@@]3(OC(C)=O)[C@H]2[C@H](OC(=O)c2ccccc2)[C@]2(O)C[C@H](OC(C)=O)C(C)=C1C2(C)C. The highest BCUT2D eigenvalue weighted by atomic mass is 16.6. The highest BCUT2D eigenvalue weighted by Crippen LogP contribution is 2.65. The predicted octanol–water partition coefficient (Wildman–Crippen LogP) is 5.25. The van der Waals surface area contributed by atoms with Crippen LogP contribution in [-0.2, 0) is 58.8 Å². The third kappa shape index (κ3) is 7.42. The van der Waals surface area contributed by atoms with Gasteiger partial charge in [0.25, 0.3) is 0 Å². The molecule has 0 radical (unpaired) electrons. The molecule has 1 aliphatic heterocycles. The molecular formula is C48H50O14. The van der Waals surface area contributed by atoms with Crippen molar-refractivity contribution in [1.82, 2.24) is 0 Å². The van der Waals surface area contributed by atoms with Crippen molar-refractivity contribution in [2.75, 3.05) is 6.61 Å². The Balaban J connectivity index is 1.39. The molecule has 0 aromatic heterocycles. The van der Waals surface area contributed by atoms with Gasteiger partial charge in [-0.3, -0.25) is 28.8 Å². The van der Waals surface area contributed by atoms with Gasteiger partial charge in [-0.2, -0.15) is 0 Å². The number of carbonyl (C=O) groups is 7. The minimum Gasteiger partial charge on any atom is -0.461 e. The highest BCUT2D eigenvalue weighted by Gasteiger charge is 2.79. The van der Waals surface area contributed by atoms with Gasteiger partial charge in [-0.15, -0.1) is 0 Å². The summed E-state index contributed by atoms with van der Waals surface area (Å²) in [5.41, 5.74) is -5.76. The monoisotopic (exact) mass is 850 g/mol. The number of hydrogen-bond donors (Lipinski definition) is 1. The van der Waals surface area contributed by atoms with E-state index in [9.17, 15) is 33.9 Å². The van der Waals surface area contributed by atoms with Crippen molar-refractivity contribution < 1.29 is 67.1 Å². The number of aliphatic hydroxyl groups is 1. The van der Waals surface area contributed by atoms with Crippen molar-refractivity contribution in [3.8, 4) is 0 Å². The number of carbonyl (C=O) groups excluding carboxylic acids is 7. The summed E-state index contributed by atoms with van der Waals surface area (Å²) in [6.07, 6.45) is -8.02. The lowest BCUT2D eigenvalue weighted by Crippen LogP contribution is -2.82.